The van der Waals surface area contributed by atoms with Gasteiger partial charge < -0.3 is 5.32 Å². The maximum atomic E-state index is 11.3. The van der Waals surface area contributed by atoms with E-state index in [4.69, 9.17) is 4.99 Å². The van der Waals surface area contributed by atoms with Gasteiger partial charge in [0.15, 0.2) is 0 Å². The highest BCUT2D eigenvalue weighted by molar-refractivity contribution is 7.99. The molecule has 0 saturated carbocycles. The Labute approximate surface area is 178 Å². The summed E-state index contributed by atoms with van der Waals surface area (Å²) in [7, 11) is 0. The highest BCUT2D eigenvalue weighted by Gasteiger charge is 2.23. The van der Waals surface area contributed by atoms with Crippen molar-refractivity contribution in [3.05, 3.63) is 94.0 Å². The van der Waals surface area contributed by atoms with E-state index in [0.29, 0.717) is 6.42 Å². The molecule has 150 valence electrons. The van der Waals surface area contributed by atoms with Gasteiger partial charge in [-0.2, -0.15) is 0 Å². The molecule has 1 N–H and O–H groups in total. The fourth-order valence-electron chi connectivity index (χ4n) is 3.34. The summed E-state index contributed by atoms with van der Waals surface area (Å²) in [5.74, 6) is -0.104. The molecule has 0 bridgehead atoms. The Balaban J connectivity index is 1.69. The largest absolute Gasteiger partial charge is 0.326 e. The van der Waals surface area contributed by atoms with Gasteiger partial charge in [0, 0.05) is 47.0 Å². The Kier molecular flexibility index (Phi) is 5.63. The summed E-state index contributed by atoms with van der Waals surface area (Å²) in [5.41, 5.74) is 4.60. The van der Waals surface area contributed by atoms with Crippen molar-refractivity contribution in [2.75, 3.05) is 5.32 Å². The lowest BCUT2D eigenvalue weighted by Crippen LogP contribution is -2.07. The third-order valence-corrected chi connectivity index (χ3v) is 6.11. The lowest BCUT2D eigenvalue weighted by molar-refractivity contribution is -0.384. The maximum absolute atomic E-state index is 11.3. The van der Waals surface area contributed by atoms with E-state index in [9.17, 15) is 14.9 Å². The fourth-order valence-corrected chi connectivity index (χ4v) is 4.57. The minimum Gasteiger partial charge on any atom is -0.326 e. The highest BCUT2D eigenvalue weighted by atomic mass is 32.2. The van der Waals surface area contributed by atoms with Crippen LogP contribution in [0.1, 0.15) is 29.7 Å². The standard InChI is InChI=1S/C23H19N3O3S/c1-15(27)24-18-10-6-17(7-11-18)23-14-21(16-8-12-19(13-9-16)26(28)29)25-20-4-2-3-5-22(20)30-23/h2-13,23H,14H2,1H3,(H,24,27)/t23-/m1/s1. The molecular weight excluding hydrogens is 398 g/mol. The van der Waals surface area contributed by atoms with Crippen LogP contribution in [-0.4, -0.2) is 16.5 Å². The minimum atomic E-state index is -0.400. The number of aliphatic imine (C=N–C) groups is 1. The number of nitro benzene ring substituents is 1. The Morgan fingerprint density at radius 3 is 2.43 bits per heavy atom. The van der Waals surface area contributed by atoms with Gasteiger partial charge in [-0.05, 0) is 47.5 Å². The summed E-state index contributed by atoms with van der Waals surface area (Å²) in [4.78, 5) is 27.8. The van der Waals surface area contributed by atoms with Gasteiger partial charge in [0.1, 0.15) is 0 Å². The van der Waals surface area contributed by atoms with Crippen molar-refractivity contribution in [3.8, 4) is 0 Å². The first kappa shape index (κ1) is 19.8. The second-order valence-electron chi connectivity index (χ2n) is 6.94. The minimum absolute atomic E-state index is 0.0628. The fraction of sp³-hybridized carbons (Fsp3) is 0.130. The van der Waals surface area contributed by atoms with Crippen LogP contribution in [0.5, 0.6) is 0 Å². The number of rotatable bonds is 4. The van der Waals surface area contributed by atoms with Crippen LogP contribution in [0.25, 0.3) is 0 Å². The second-order valence-corrected chi connectivity index (χ2v) is 8.19. The van der Waals surface area contributed by atoms with Crippen LogP contribution < -0.4 is 5.32 Å². The molecule has 0 aromatic heterocycles. The summed E-state index contributed by atoms with van der Waals surface area (Å²) in [6.07, 6.45) is 0.677. The van der Waals surface area contributed by atoms with Gasteiger partial charge in [0.2, 0.25) is 5.91 Å². The molecule has 7 heteroatoms. The van der Waals surface area contributed by atoms with E-state index < -0.39 is 4.92 Å². The number of nitrogens with zero attached hydrogens (tertiary/aromatic N) is 2. The molecule has 30 heavy (non-hydrogen) atoms. The Morgan fingerprint density at radius 1 is 1.07 bits per heavy atom. The first-order chi connectivity index (χ1) is 14.5. The predicted molar refractivity (Wildman–Crippen MR) is 120 cm³/mol. The van der Waals surface area contributed by atoms with E-state index in [0.717, 1.165) is 33.1 Å². The Bertz CT molecular complexity index is 1130. The van der Waals surface area contributed by atoms with Crippen LogP contribution in [0, 0.1) is 10.1 Å². The van der Waals surface area contributed by atoms with Crippen molar-refractivity contribution in [1.29, 1.82) is 0 Å². The van der Waals surface area contributed by atoms with Crippen molar-refractivity contribution in [2.45, 2.75) is 23.5 Å². The molecule has 3 aromatic carbocycles. The molecule has 6 nitrogen and oxygen atoms in total. The third kappa shape index (κ3) is 4.41. The predicted octanol–water partition coefficient (Wildman–Crippen LogP) is 5.91. The average molecular weight is 417 g/mol. The highest BCUT2D eigenvalue weighted by Crippen LogP contribution is 2.45. The summed E-state index contributed by atoms with van der Waals surface area (Å²) in [6.45, 7) is 1.49. The van der Waals surface area contributed by atoms with Crippen molar-refractivity contribution >= 4 is 40.4 Å². The van der Waals surface area contributed by atoms with Crippen molar-refractivity contribution in [3.63, 3.8) is 0 Å². The molecule has 0 aliphatic carbocycles. The maximum Gasteiger partial charge on any atom is 0.269 e. The smallest absolute Gasteiger partial charge is 0.269 e. The first-order valence-corrected chi connectivity index (χ1v) is 10.3. The molecule has 0 radical (unpaired) electrons. The number of benzene rings is 3. The zero-order chi connectivity index (χ0) is 21.1. The number of non-ortho nitro benzene ring substituents is 1. The second kappa shape index (κ2) is 8.51. The molecule has 0 saturated heterocycles. The van der Waals surface area contributed by atoms with E-state index in [1.54, 1.807) is 23.9 Å². The van der Waals surface area contributed by atoms with Crippen LogP contribution in [0.15, 0.2) is 82.7 Å². The number of carbonyl (C=O) groups excluding carboxylic acids is 1. The van der Waals surface area contributed by atoms with E-state index in [1.165, 1.54) is 19.1 Å². The van der Waals surface area contributed by atoms with Gasteiger partial charge in [0.25, 0.3) is 5.69 Å². The quantitative estimate of drug-likeness (QED) is 0.422. The molecule has 0 spiro atoms. The molecule has 1 amide bonds. The SMILES string of the molecule is CC(=O)Nc1ccc([C@H]2CC(c3ccc([N+](=O)[O-])cc3)=Nc3ccccc3S2)cc1. The number of nitrogens with one attached hydrogen (secondary N) is 1. The van der Waals surface area contributed by atoms with Gasteiger partial charge in [-0.3, -0.25) is 19.9 Å². The third-order valence-electron chi connectivity index (χ3n) is 4.78. The molecule has 1 aliphatic heterocycles. The topological polar surface area (TPSA) is 84.6 Å². The number of thioether (sulfide) groups is 1. The monoisotopic (exact) mass is 417 g/mol. The summed E-state index contributed by atoms with van der Waals surface area (Å²) >= 11 is 1.75. The van der Waals surface area contributed by atoms with E-state index in [-0.39, 0.29) is 16.8 Å². The van der Waals surface area contributed by atoms with Gasteiger partial charge in [-0.25, -0.2) is 0 Å². The molecule has 0 unspecified atom stereocenters. The van der Waals surface area contributed by atoms with Gasteiger partial charge >= 0.3 is 0 Å². The van der Waals surface area contributed by atoms with E-state index >= 15 is 0 Å². The molecule has 4 rings (SSSR count). The van der Waals surface area contributed by atoms with Crippen molar-refractivity contribution in [1.82, 2.24) is 0 Å². The van der Waals surface area contributed by atoms with Crippen molar-refractivity contribution < 1.29 is 9.72 Å². The van der Waals surface area contributed by atoms with Gasteiger partial charge in [-0.15, -0.1) is 11.8 Å². The Hall–Kier alpha value is -3.45. The van der Waals surface area contributed by atoms with Crippen LogP contribution in [0.4, 0.5) is 17.1 Å². The summed E-state index contributed by atoms with van der Waals surface area (Å²) < 4.78 is 0. The number of hydrogen-bond donors (Lipinski definition) is 1. The van der Waals surface area contributed by atoms with Crippen molar-refractivity contribution in [2.24, 2.45) is 4.99 Å². The average Bonchev–Trinajstić information content (AvgIpc) is 2.94. The number of para-hydroxylation sites is 1. The number of fused-ring (bicyclic) bond motifs is 1. The van der Waals surface area contributed by atoms with Gasteiger partial charge in [0.05, 0.1) is 10.6 Å². The number of nitro groups is 1. The Morgan fingerprint density at radius 2 is 1.77 bits per heavy atom. The molecule has 0 fully saturated rings. The van der Waals surface area contributed by atoms with Crippen LogP contribution in [-0.2, 0) is 4.79 Å². The molecule has 1 heterocycles. The van der Waals surface area contributed by atoms with E-state index in [1.807, 2.05) is 42.5 Å². The zero-order valence-corrected chi connectivity index (χ0v) is 17.1. The number of carbonyl (C=O) groups is 1. The van der Waals surface area contributed by atoms with Crippen LogP contribution in [0.2, 0.25) is 0 Å². The summed E-state index contributed by atoms with van der Waals surface area (Å²) in [5, 5.41) is 13.9. The number of hydrogen-bond acceptors (Lipinski definition) is 5. The molecule has 3 aromatic rings. The van der Waals surface area contributed by atoms with E-state index in [2.05, 4.69) is 11.4 Å². The molecule has 1 aliphatic rings. The van der Waals surface area contributed by atoms with Crippen LogP contribution in [0.3, 0.4) is 0 Å². The molecular formula is C23H19N3O3S. The zero-order valence-electron chi connectivity index (χ0n) is 16.2. The lowest BCUT2D eigenvalue weighted by Gasteiger charge is -2.17. The normalized spacial score (nSPS) is 15.5. The number of anilines is 1. The van der Waals surface area contributed by atoms with Gasteiger partial charge in [-0.1, -0.05) is 24.3 Å². The lowest BCUT2D eigenvalue weighted by atomic mass is 10.0. The number of amides is 1. The summed E-state index contributed by atoms with van der Waals surface area (Å²) in [6, 6.07) is 22.4. The first-order valence-electron chi connectivity index (χ1n) is 9.45. The van der Waals surface area contributed by atoms with Crippen LogP contribution >= 0.6 is 11.8 Å². The molecule has 1 atom stereocenters.